The van der Waals surface area contributed by atoms with E-state index in [1.807, 2.05) is 9.80 Å². The van der Waals surface area contributed by atoms with Crippen molar-refractivity contribution in [2.24, 2.45) is 23.7 Å². The summed E-state index contributed by atoms with van der Waals surface area (Å²) in [6, 6.07) is 6.73. The topological polar surface area (TPSA) is 142 Å². The molecule has 324 valence electrons. The number of hydrogen-bond acceptors (Lipinski definition) is 12. The second kappa shape index (κ2) is 18.0. The summed E-state index contributed by atoms with van der Waals surface area (Å²) in [5.41, 5.74) is 1.82. The van der Waals surface area contributed by atoms with Crippen LogP contribution in [0.5, 0.6) is 11.5 Å². The Labute approximate surface area is 361 Å². The SMILES string of the molecule is CC(C)CN1CC(OC(=O)/C=C/C(=O)OC2CN(CC(C)C)c3cc(Cl)cc(C(=O)NC4CN5CCC4CC5)c3O2)Oc2c(C(=O)NC3CN4CCC3CC4)cc(Cl)cc21. The molecule has 0 aliphatic carbocycles. The van der Waals surface area contributed by atoms with Crippen LogP contribution in [0.4, 0.5) is 11.4 Å². The van der Waals surface area contributed by atoms with Crippen LogP contribution in [0.15, 0.2) is 36.4 Å². The number of halogens is 2. The summed E-state index contributed by atoms with van der Waals surface area (Å²) in [6.45, 7) is 15.6. The van der Waals surface area contributed by atoms with E-state index in [1.165, 1.54) is 0 Å². The number of amides is 2. The molecule has 4 bridgehead atoms. The molecule has 60 heavy (non-hydrogen) atoms. The van der Waals surface area contributed by atoms with Gasteiger partial charge in [-0.25, -0.2) is 9.59 Å². The molecule has 2 aromatic carbocycles. The number of carbonyl (C=O) groups excluding carboxylic acids is 4. The van der Waals surface area contributed by atoms with Crippen molar-refractivity contribution in [2.45, 2.75) is 78.0 Å². The zero-order valence-corrected chi connectivity index (χ0v) is 36.3. The minimum atomic E-state index is -1.09. The van der Waals surface area contributed by atoms with E-state index in [4.69, 9.17) is 42.1 Å². The quantitative estimate of drug-likeness (QED) is 0.210. The van der Waals surface area contributed by atoms with Crippen molar-refractivity contribution in [3.8, 4) is 11.5 Å². The summed E-state index contributed by atoms with van der Waals surface area (Å²) < 4.78 is 23.9. The zero-order chi connectivity index (χ0) is 42.2. The lowest BCUT2D eigenvalue weighted by molar-refractivity contribution is -0.160. The third kappa shape index (κ3) is 9.61. The molecule has 2 N–H and O–H groups in total. The highest BCUT2D eigenvalue weighted by molar-refractivity contribution is 6.32. The maximum Gasteiger partial charge on any atom is 0.334 e. The van der Waals surface area contributed by atoms with E-state index in [2.05, 4.69) is 48.1 Å². The molecule has 0 aromatic heterocycles. The Kier molecular flexibility index (Phi) is 12.7. The average Bonchev–Trinajstić information content (AvgIpc) is 3.20. The zero-order valence-electron chi connectivity index (χ0n) is 34.8. The first-order valence-electron chi connectivity index (χ1n) is 21.4. The van der Waals surface area contributed by atoms with Crippen LogP contribution in [0.25, 0.3) is 0 Å². The van der Waals surface area contributed by atoms with Gasteiger partial charge in [-0.15, -0.1) is 0 Å². The maximum absolute atomic E-state index is 13.8. The van der Waals surface area contributed by atoms with Gasteiger partial charge in [0.15, 0.2) is 11.5 Å². The number of benzene rings is 2. The molecule has 4 atom stereocenters. The van der Waals surface area contributed by atoms with E-state index in [-0.39, 0.29) is 71.4 Å². The maximum atomic E-state index is 13.8. The molecule has 8 heterocycles. The molecule has 14 nitrogen and oxygen atoms in total. The normalized spacial score (nSPS) is 27.9. The second-order valence-corrected chi connectivity index (χ2v) is 18.8. The van der Waals surface area contributed by atoms with Crippen LogP contribution in [0, 0.1) is 23.7 Å². The number of carbonyl (C=O) groups is 4. The van der Waals surface area contributed by atoms with Crippen LogP contribution in [-0.2, 0) is 19.1 Å². The Bertz CT molecular complexity index is 1860. The number of fused-ring (bicyclic) bond motifs is 8. The Morgan fingerprint density at radius 1 is 0.650 bits per heavy atom. The van der Waals surface area contributed by atoms with Gasteiger partial charge in [0, 0.05) is 60.5 Å². The minimum Gasteiger partial charge on any atom is -0.450 e. The standard InChI is InChI=1S/C44H56Cl2N6O8/c1-25(2)19-51-23-39(59-41-31(15-29(45)17-35(41)51)43(55)47-33-21-49-11-7-27(33)8-12-49)57-37(53)5-6-38(54)58-40-24-52(20-26(3)4)36-18-30(46)16-32(42(36)60-40)44(56)48-34-22-50-13-9-28(34)10-14-50/h5-6,15-18,25-28,33-34,39-40H,7-14,19-24H2,1-4H3,(H,47,55)(H,48,56)/b6-5+. The van der Waals surface area contributed by atoms with Gasteiger partial charge in [-0.2, -0.15) is 0 Å². The smallest absolute Gasteiger partial charge is 0.334 e. The van der Waals surface area contributed by atoms with Crippen molar-refractivity contribution in [3.63, 3.8) is 0 Å². The molecule has 2 aromatic rings. The van der Waals surface area contributed by atoms with E-state index in [1.54, 1.807) is 24.3 Å². The van der Waals surface area contributed by atoms with Crippen molar-refractivity contribution in [1.82, 2.24) is 20.4 Å². The van der Waals surface area contributed by atoms with E-state index >= 15 is 0 Å². The molecule has 6 saturated heterocycles. The van der Waals surface area contributed by atoms with E-state index in [0.717, 1.165) is 77.1 Å². The number of esters is 2. The Morgan fingerprint density at radius 2 is 1.03 bits per heavy atom. The van der Waals surface area contributed by atoms with Gasteiger partial charge < -0.3 is 49.2 Å². The second-order valence-electron chi connectivity index (χ2n) is 17.9. The molecule has 0 spiro atoms. The number of piperidine rings is 6. The molecule has 0 saturated carbocycles. The van der Waals surface area contributed by atoms with Gasteiger partial charge in [0.1, 0.15) is 0 Å². The minimum absolute atomic E-state index is 0.0235. The van der Waals surface area contributed by atoms with Crippen LogP contribution in [0.3, 0.4) is 0 Å². The number of nitrogens with zero attached hydrogens (tertiary/aromatic N) is 4. The van der Waals surface area contributed by atoms with Gasteiger partial charge in [-0.05, 0) is 99.8 Å². The molecule has 8 aliphatic rings. The fraction of sp³-hybridized carbons (Fsp3) is 0.591. The number of nitrogens with one attached hydrogen (secondary N) is 2. The molecule has 0 radical (unpaired) electrons. The van der Waals surface area contributed by atoms with Crippen molar-refractivity contribution < 1.29 is 38.1 Å². The van der Waals surface area contributed by atoms with Gasteiger partial charge in [-0.3, -0.25) is 9.59 Å². The van der Waals surface area contributed by atoms with Crippen molar-refractivity contribution in [3.05, 3.63) is 57.6 Å². The highest BCUT2D eigenvalue weighted by atomic mass is 35.5. The van der Waals surface area contributed by atoms with E-state index in [9.17, 15) is 19.2 Å². The van der Waals surface area contributed by atoms with Crippen LogP contribution < -0.4 is 29.9 Å². The Balaban J connectivity index is 0.936. The van der Waals surface area contributed by atoms with Crippen molar-refractivity contribution in [1.29, 1.82) is 0 Å². The van der Waals surface area contributed by atoms with Crippen LogP contribution in [-0.4, -0.2) is 124 Å². The van der Waals surface area contributed by atoms with Gasteiger partial charge in [0.25, 0.3) is 24.4 Å². The monoisotopic (exact) mass is 866 g/mol. The Morgan fingerprint density at radius 3 is 1.37 bits per heavy atom. The van der Waals surface area contributed by atoms with Crippen LogP contribution >= 0.6 is 23.2 Å². The summed E-state index contributed by atoms with van der Waals surface area (Å²) >= 11 is 13.2. The van der Waals surface area contributed by atoms with Crippen LogP contribution in [0.1, 0.15) is 74.1 Å². The first-order valence-corrected chi connectivity index (χ1v) is 22.2. The molecule has 4 unspecified atom stereocenters. The first kappa shape index (κ1) is 42.5. The van der Waals surface area contributed by atoms with Crippen molar-refractivity contribution >= 4 is 58.3 Å². The lowest BCUT2D eigenvalue weighted by Crippen LogP contribution is -2.57. The number of ether oxygens (including phenoxy) is 4. The highest BCUT2D eigenvalue weighted by Crippen LogP contribution is 2.42. The molecule has 16 heteroatoms. The molecular formula is C44H56Cl2N6O8. The summed E-state index contributed by atoms with van der Waals surface area (Å²) in [5, 5.41) is 7.24. The summed E-state index contributed by atoms with van der Waals surface area (Å²) in [4.78, 5) is 62.9. The summed E-state index contributed by atoms with van der Waals surface area (Å²) in [5.74, 6) is -0.415. The molecule has 2 amide bonds. The predicted molar refractivity (Wildman–Crippen MR) is 228 cm³/mol. The largest absolute Gasteiger partial charge is 0.450 e. The molecule has 8 aliphatic heterocycles. The number of anilines is 2. The average molecular weight is 868 g/mol. The lowest BCUT2D eigenvalue weighted by Gasteiger charge is -2.45. The fourth-order valence-corrected chi connectivity index (χ4v) is 10.1. The van der Waals surface area contributed by atoms with Gasteiger partial charge in [0.05, 0.1) is 35.6 Å². The van der Waals surface area contributed by atoms with Gasteiger partial charge in [-0.1, -0.05) is 50.9 Å². The van der Waals surface area contributed by atoms with Gasteiger partial charge >= 0.3 is 11.9 Å². The highest BCUT2D eigenvalue weighted by Gasteiger charge is 2.39. The van der Waals surface area contributed by atoms with Crippen molar-refractivity contribution in [2.75, 3.05) is 75.2 Å². The molecule has 6 fully saturated rings. The van der Waals surface area contributed by atoms with E-state index in [0.29, 0.717) is 46.3 Å². The third-order valence-corrected chi connectivity index (χ3v) is 12.9. The van der Waals surface area contributed by atoms with Gasteiger partial charge in [0.2, 0.25) is 0 Å². The third-order valence-electron chi connectivity index (χ3n) is 12.4. The lowest BCUT2D eigenvalue weighted by atomic mass is 9.84. The molecule has 10 rings (SSSR count). The molecular weight excluding hydrogens is 811 g/mol. The first-order chi connectivity index (χ1) is 28.8. The Hall–Kier alpha value is -4.24. The number of hydrogen-bond donors (Lipinski definition) is 2. The van der Waals surface area contributed by atoms with E-state index < -0.39 is 24.5 Å². The predicted octanol–water partition coefficient (Wildman–Crippen LogP) is 5.35. The fourth-order valence-electron chi connectivity index (χ4n) is 9.68. The summed E-state index contributed by atoms with van der Waals surface area (Å²) in [6.07, 6.45) is 3.96. The summed E-state index contributed by atoms with van der Waals surface area (Å²) in [7, 11) is 0. The number of rotatable bonds is 12. The van der Waals surface area contributed by atoms with Crippen LogP contribution in [0.2, 0.25) is 10.0 Å².